The van der Waals surface area contributed by atoms with Crippen molar-refractivity contribution in [3.05, 3.63) is 60.1 Å². The summed E-state index contributed by atoms with van der Waals surface area (Å²) in [5.41, 5.74) is 1.03. The van der Waals surface area contributed by atoms with Crippen LogP contribution >= 0.6 is 0 Å². The molecule has 1 aromatic carbocycles. The Labute approximate surface area is 137 Å². The first-order chi connectivity index (χ1) is 11.0. The minimum absolute atomic E-state index is 0.0236. The lowest BCUT2D eigenvalue weighted by Gasteiger charge is -2.30. The van der Waals surface area contributed by atoms with E-state index in [1.807, 2.05) is 56.3 Å². The fourth-order valence-electron chi connectivity index (χ4n) is 2.30. The third-order valence-electron chi connectivity index (χ3n) is 3.92. The second-order valence-corrected chi connectivity index (χ2v) is 5.88. The van der Waals surface area contributed by atoms with Crippen molar-refractivity contribution < 1.29 is 14.3 Å². The van der Waals surface area contributed by atoms with E-state index in [0.717, 1.165) is 5.56 Å². The summed E-state index contributed by atoms with van der Waals surface area (Å²) in [6.07, 6.45) is 0.677. The Morgan fingerprint density at radius 1 is 1.17 bits per heavy atom. The summed E-state index contributed by atoms with van der Waals surface area (Å²) in [4.78, 5) is 16.3. The number of aliphatic hydroxyl groups is 1. The monoisotopic (exact) mass is 316 g/mol. The van der Waals surface area contributed by atoms with Crippen LogP contribution in [0, 0.1) is 0 Å². The SMILES string of the molecule is C[C@@H](C(=O)N(Cc1ccccc1)CC(O)c1ccco1)N(C)C. The highest BCUT2D eigenvalue weighted by atomic mass is 16.4. The highest BCUT2D eigenvalue weighted by Crippen LogP contribution is 2.17. The van der Waals surface area contributed by atoms with Crippen LogP contribution < -0.4 is 0 Å². The Bertz CT molecular complexity index is 596. The number of likely N-dealkylation sites (N-methyl/N-ethyl adjacent to an activating group) is 1. The molecule has 0 spiro atoms. The average Bonchev–Trinajstić information content (AvgIpc) is 3.08. The van der Waals surface area contributed by atoms with Crippen molar-refractivity contribution in [2.24, 2.45) is 0 Å². The lowest BCUT2D eigenvalue weighted by atomic mass is 10.1. The van der Waals surface area contributed by atoms with Crippen LogP contribution in [0.25, 0.3) is 0 Å². The number of furan rings is 1. The first-order valence-electron chi connectivity index (χ1n) is 7.69. The molecule has 0 aliphatic carbocycles. The minimum atomic E-state index is -0.841. The smallest absolute Gasteiger partial charge is 0.240 e. The zero-order valence-electron chi connectivity index (χ0n) is 13.8. The number of hydrogen-bond donors (Lipinski definition) is 1. The van der Waals surface area contributed by atoms with Crippen molar-refractivity contribution >= 4 is 5.91 Å². The predicted octanol–water partition coefficient (Wildman–Crippen LogP) is 2.29. The summed E-state index contributed by atoms with van der Waals surface area (Å²) >= 11 is 0. The zero-order chi connectivity index (χ0) is 16.8. The van der Waals surface area contributed by atoms with Crippen molar-refractivity contribution in [2.45, 2.75) is 25.6 Å². The Balaban J connectivity index is 2.15. The van der Waals surface area contributed by atoms with Crippen LogP contribution in [0.5, 0.6) is 0 Å². The van der Waals surface area contributed by atoms with Gasteiger partial charge in [-0.15, -0.1) is 0 Å². The van der Waals surface area contributed by atoms with Gasteiger partial charge in [-0.2, -0.15) is 0 Å². The number of benzene rings is 1. The maximum absolute atomic E-state index is 12.7. The Hall–Kier alpha value is -2.11. The van der Waals surface area contributed by atoms with E-state index < -0.39 is 6.10 Å². The molecule has 0 aliphatic rings. The van der Waals surface area contributed by atoms with E-state index in [0.29, 0.717) is 12.3 Å². The summed E-state index contributed by atoms with van der Waals surface area (Å²) in [6, 6.07) is 12.9. The molecule has 0 radical (unpaired) electrons. The molecule has 2 aromatic rings. The molecule has 1 heterocycles. The highest BCUT2D eigenvalue weighted by molar-refractivity contribution is 5.81. The molecular weight excluding hydrogens is 292 g/mol. The van der Waals surface area contributed by atoms with Gasteiger partial charge in [0.1, 0.15) is 11.9 Å². The molecule has 0 aliphatic heterocycles. The van der Waals surface area contributed by atoms with Gasteiger partial charge in [-0.1, -0.05) is 30.3 Å². The minimum Gasteiger partial charge on any atom is -0.467 e. The molecule has 124 valence electrons. The summed E-state index contributed by atoms with van der Waals surface area (Å²) in [7, 11) is 3.73. The molecule has 23 heavy (non-hydrogen) atoms. The van der Waals surface area contributed by atoms with Gasteiger partial charge in [0.2, 0.25) is 5.91 Å². The average molecular weight is 316 g/mol. The van der Waals surface area contributed by atoms with Gasteiger partial charge in [0.05, 0.1) is 18.8 Å². The Morgan fingerprint density at radius 3 is 2.43 bits per heavy atom. The first-order valence-corrected chi connectivity index (χ1v) is 7.69. The van der Waals surface area contributed by atoms with Crippen molar-refractivity contribution in [1.82, 2.24) is 9.80 Å². The maximum atomic E-state index is 12.7. The van der Waals surface area contributed by atoms with Gasteiger partial charge in [0.15, 0.2) is 0 Å². The molecule has 1 unspecified atom stereocenters. The normalized spacial score (nSPS) is 13.8. The molecule has 5 nitrogen and oxygen atoms in total. The highest BCUT2D eigenvalue weighted by Gasteiger charge is 2.25. The molecule has 1 amide bonds. The molecule has 0 saturated heterocycles. The van der Waals surface area contributed by atoms with Gasteiger partial charge in [-0.25, -0.2) is 0 Å². The molecule has 2 rings (SSSR count). The second kappa shape index (κ2) is 7.94. The number of nitrogens with zero attached hydrogens (tertiary/aromatic N) is 2. The van der Waals surface area contributed by atoms with Crippen LogP contribution in [0.2, 0.25) is 0 Å². The fourth-order valence-corrected chi connectivity index (χ4v) is 2.30. The van der Waals surface area contributed by atoms with Gasteiger partial charge < -0.3 is 14.4 Å². The second-order valence-electron chi connectivity index (χ2n) is 5.88. The Morgan fingerprint density at radius 2 is 1.87 bits per heavy atom. The quantitative estimate of drug-likeness (QED) is 0.851. The van der Waals surface area contributed by atoms with Crippen LogP contribution in [-0.2, 0) is 11.3 Å². The lowest BCUT2D eigenvalue weighted by Crippen LogP contribution is -2.45. The van der Waals surface area contributed by atoms with E-state index >= 15 is 0 Å². The van der Waals surface area contributed by atoms with E-state index in [9.17, 15) is 9.90 Å². The molecule has 0 fully saturated rings. The first kappa shape index (κ1) is 17.2. The van der Waals surface area contributed by atoms with E-state index in [4.69, 9.17) is 4.42 Å². The summed E-state index contributed by atoms with van der Waals surface area (Å²) in [6.45, 7) is 2.51. The van der Waals surface area contributed by atoms with Crippen LogP contribution in [0.3, 0.4) is 0 Å². The number of carbonyl (C=O) groups excluding carboxylic acids is 1. The number of amides is 1. The fraction of sp³-hybridized carbons (Fsp3) is 0.389. The van der Waals surface area contributed by atoms with Crippen LogP contribution in [-0.4, -0.2) is 47.5 Å². The topological polar surface area (TPSA) is 56.9 Å². The van der Waals surface area contributed by atoms with E-state index in [1.165, 1.54) is 6.26 Å². The van der Waals surface area contributed by atoms with Gasteiger partial charge in [0, 0.05) is 6.54 Å². The van der Waals surface area contributed by atoms with Gasteiger partial charge in [0.25, 0.3) is 0 Å². The van der Waals surface area contributed by atoms with Gasteiger partial charge in [-0.05, 0) is 38.7 Å². The molecule has 1 N–H and O–H groups in total. The molecule has 0 saturated carbocycles. The number of carbonyl (C=O) groups is 1. The van der Waals surface area contributed by atoms with E-state index in [1.54, 1.807) is 17.0 Å². The zero-order valence-corrected chi connectivity index (χ0v) is 13.8. The molecule has 0 bridgehead atoms. The van der Waals surface area contributed by atoms with E-state index in [2.05, 4.69) is 0 Å². The van der Waals surface area contributed by atoms with E-state index in [-0.39, 0.29) is 18.5 Å². The standard InChI is InChI=1S/C18H24N2O3/c1-14(19(2)3)18(22)20(12-15-8-5-4-6-9-15)13-16(21)17-10-7-11-23-17/h4-11,14,16,21H,12-13H2,1-3H3/t14-,16?/m0/s1. The predicted molar refractivity (Wildman–Crippen MR) is 88.7 cm³/mol. The lowest BCUT2D eigenvalue weighted by molar-refractivity contribution is -0.137. The maximum Gasteiger partial charge on any atom is 0.240 e. The summed E-state index contributed by atoms with van der Waals surface area (Å²) in [5, 5.41) is 10.3. The molecule has 5 heteroatoms. The molecular formula is C18H24N2O3. The van der Waals surface area contributed by atoms with Crippen LogP contribution in [0.4, 0.5) is 0 Å². The summed E-state index contributed by atoms with van der Waals surface area (Å²) in [5.74, 6) is 0.442. The van der Waals surface area contributed by atoms with Crippen molar-refractivity contribution in [2.75, 3.05) is 20.6 Å². The van der Waals surface area contributed by atoms with Crippen LogP contribution in [0.15, 0.2) is 53.1 Å². The van der Waals surface area contributed by atoms with Crippen LogP contribution in [0.1, 0.15) is 24.4 Å². The molecule has 1 aromatic heterocycles. The summed E-state index contributed by atoms with van der Waals surface area (Å²) < 4.78 is 5.24. The number of aliphatic hydroxyl groups excluding tert-OH is 1. The van der Waals surface area contributed by atoms with Crippen molar-refractivity contribution in [3.8, 4) is 0 Å². The van der Waals surface area contributed by atoms with Gasteiger partial charge >= 0.3 is 0 Å². The third kappa shape index (κ3) is 4.68. The Kier molecular flexibility index (Phi) is 5.96. The van der Waals surface area contributed by atoms with Crippen molar-refractivity contribution in [3.63, 3.8) is 0 Å². The largest absolute Gasteiger partial charge is 0.467 e. The van der Waals surface area contributed by atoms with Gasteiger partial charge in [-0.3, -0.25) is 9.69 Å². The van der Waals surface area contributed by atoms with Crippen molar-refractivity contribution in [1.29, 1.82) is 0 Å². The molecule has 2 atom stereocenters. The number of rotatable bonds is 7. The number of hydrogen-bond acceptors (Lipinski definition) is 4. The third-order valence-corrected chi connectivity index (χ3v) is 3.92.